The molecule has 102 valence electrons. The predicted octanol–water partition coefficient (Wildman–Crippen LogP) is 2.43. The lowest BCUT2D eigenvalue weighted by atomic mass is 10.1. The van der Waals surface area contributed by atoms with Crippen LogP contribution >= 0.6 is 0 Å². The molecular weight excluding hydrogens is 249 g/mol. The van der Waals surface area contributed by atoms with Gasteiger partial charge in [0, 0.05) is 5.69 Å². The molecule has 1 saturated carbocycles. The van der Waals surface area contributed by atoms with Gasteiger partial charge in [0.05, 0.1) is 11.8 Å². The topological polar surface area (TPSA) is 66.4 Å². The number of halogens is 1. The van der Waals surface area contributed by atoms with Crippen LogP contribution in [0, 0.1) is 30.0 Å². The summed E-state index contributed by atoms with van der Waals surface area (Å²) in [6, 6.07) is 4.27. The van der Waals surface area contributed by atoms with Gasteiger partial charge in [0.1, 0.15) is 5.82 Å². The van der Waals surface area contributed by atoms with E-state index in [1.807, 2.05) is 0 Å². The molecular formula is C14H16FNO3. The van der Waals surface area contributed by atoms with Crippen LogP contribution in [0.1, 0.15) is 19.4 Å². The van der Waals surface area contributed by atoms with Crippen molar-refractivity contribution in [1.82, 2.24) is 0 Å². The fraction of sp³-hybridized carbons (Fsp3) is 0.429. The molecule has 0 heterocycles. The number of aryl methyl sites for hydroxylation is 1. The predicted molar refractivity (Wildman–Crippen MR) is 68.2 cm³/mol. The molecule has 0 radical (unpaired) electrons. The van der Waals surface area contributed by atoms with Crippen LogP contribution in [-0.4, -0.2) is 17.0 Å². The maximum Gasteiger partial charge on any atom is 0.307 e. The third-order valence-electron chi connectivity index (χ3n) is 3.80. The Kier molecular flexibility index (Phi) is 3.08. The molecule has 0 aromatic heterocycles. The second-order valence-corrected chi connectivity index (χ2v) is 5.57. The number of anilines is 1. The minimum atomic E-state index is -0.958. The molecule has 1 aromatic rings. The second kappa shape index (κ2) is 4.33. The number of hydrogen-bond acceptors (Lipinski definition) is 2. The lowest BCUT2D eigenvalue weighted by Gasteiger charge is -2.07. The van der Waals surface area contributed by atoms with Crippen LogP contribution in [0.2, 0.25) is 0 Å². The number of aliphatic carboxylic acids is 1. The molecule has 1 aliphatic rings. The standard InChI is InChI=1S/C14H16FNO3/c1-7-6-8(4-5-9(7)15)16-12(17)10-11(13(18)19)14(10,2)3/h4-6,10-11H,1-3H3,(H,16,17)(H,18,19). The summed E-state index contributed by atoms with van der Waals surface area (Å²) < 4.78 is 13.1. The van der Waals surface area contributed by atoms with Crippen LogP contribution in [0.15, 0.2) is 18.2 Å². The fourth-order valence-electron chi connectivity index (χ4n) is 2.53. The molecule has 2 rings (SSSR count). The zero-order valence-electron chi connectivity index (χ0n) is 11.0. The molecule has 1 aromatic carbocycles. The first kappa shape index (κ1) is 13.5. The summed E-state index contributed by atoms with van der Waals surface area (Å²) in [5.74, 6) is -2.83. The molecule has 2 atom stereocenters. The van der Waals surface area contributed by atoms with Crippen molar-refractivity contribution in [2.75, 3.05) is 5.32 Å². The molecule has 2 N–H and O–H groups in total. The summed E-state index contributed by atoms with van der Waals surface area (Å²) in [6.07, 6.45) is 0. The quantitative estimate of drug-likeness (QED) is 0.882. The summed E-state index contributed by atoms with van der Waals surface area (Å²) in [5, 5.41) is 11.7. The zero-order chi connectivity index (χ0) is 14.4. The molecule has 0 aliphatic heterocycles. The van der Waals surface area contributed by atoms with Gasteiger partial charge < -0.3 is 10.4 Å². The number of carboxylic acid groups (broad SMARTS) is 1. The average molecular weight is 265 g/mol. The summed E-state index contributed by atoms with van der Waals surface area (Å²) in [5.41, 5.74) is 0.378. The van der Waals surface area contributed by atoms with Gasteiger partial charge in [0.15, 0.2) is 0 Å². The van der Waals surface area contributed by atoms with Crippen molar-refractivity contribution in [3.63, 3.8) is 0 Å². The largest absolute Gasteiger partial charge is 0.481 e. The number of nitrogens with one attached hydrogen (secondary N) is 1. The molecule has 1 aliphatic carbocycles. The Morgan fingerprint density at radius 3 is 2.42 bits per heavy atom. The molecule has 5 heteroatoms. The lowest BCUT2D eigenvalue weighted by Crippen LogP contribution is -2.17. The van der Waals surface area contributed by atoms with Gasteiger partial charge in [-0.25, -0.2) is 4.39 Å². The van der Waals surface area contributed by atoms with Gasteiger partial charge in [-0.05, 0) is 36.1 Å². The molecule has 1 fully saturated rings. The number of benzene rings is 1. The summed E-state index contributed by atoms with van der Waals surface area (Å²) in [6.45, 7) is 5.12. The van der Waals surface area contributed by atoms with Crippen molar-refractivity contribution < 1.29 is 19.1 Å². The van der Waals surface area contributed by atoms with Crippen LogP contribution < -0.4 is 5.32 Å². The third kappa shape index (κ3) is 2.32. The monoisotopic (exact) mass is 265 g/mol. The van der Waals surface area contributed by atoms with Gasteiger partial charge in [-0.15, -0.1) is 0 Å². The van der Waals surface area contributed by atoms with Crippen LogP contribution in [0.4, 0.5) is 10.1 Å². The normalized spacial score (nSPS) is 23.8. The molecule has 0 bridgehead atoms. The maximum absolute atomic E-state index is 13.1. The Balaban J connectivity index is 2.10. The van der Waals surface area contributed by atoms with E-state index in [9.17, 15) is 14.0 Å². The summed E-state index contributed by atoms with van der Waals surface area (Å²) in [4.78, 5) is 23.0. The highest BCUT2D eigenvalue weighted by molar-refractivity contribution is 5.99. The van der Waals surface area contributed by atoms with Gasteiger partial charge in [0.25, 0.3) is 0 Å². The van der Waals surface area contributed by atoms with E-state index in [2.05, 4.69) is 5.32 Å². The van der Waals surface area contributed by atoms with Gasteiger partial charge in [-0.3, -0.25) is 9.59 Å². The van der Waals surface area contributed by atoms with Crippen molar-refractivity contribution in [3.8, 4) is 0 Å². The van der Waals surface area contributed by atoms with Crippen LogP contribution in [0.25, 0.3) is 0 Å². The van der Waals surface area contributed by atoms with Gasteiger partial charge in [-0.1, -0.05) is 13.8 Å². The van der Waals surface area contributed by atoms with E-state index in [1.165, 1.54) is 18.2 Å². The highest BCUT2D eigenvalue weighted by Gasteiger charge is 2.65. The lowest BCUT2D eigenvalue weighted by molar-refractivity contribution is -0.140. The first-order chi connectivity index (χ1) is 8.75. The zero-order valence-corrected chi connectivity index (χ0v) is 11.0. The fourth-order valence-corrected chi connectivity index (χ4v) is 2.53. The number of amides is 1. The summed E-state index contributed by atoms with van der Waals surface area (Å²) in [7, 11) is 0. The molecule has 1 amide bonds. The molecule has 0 saturated heterocycles. The Labute approximate surface area is 110 Å². The third-order valence-corrected chi connectivity index (χ3v) is 3.80. The van der Waals surface area contributed by atoms with E-state index in [4.69, 9.17) is 5.11 Å². The van der Waals surface area contributed by atoms with Crippen molar-refractivity contribution in [3.05, 3.63) is 29.6 Å². The van der Waals surface area contributed by atoms with Crippen LogP contribution in [0.3, 0.4) is 0 Å². The average Bonchev–Trinajstić information content (AvgIpc) is 2.87. The second-order valence-electron chi connectivity index (χ2n) is 5.57. The van der Waals surface area contributed by atoms with E-state index in [0.717, 1.165) is 0 Å². The number of carbonyl (C=O) groups excluding carboxylic acids is 1. The smallest absolute Gasteiger partial charge is 0.307 e. The van der Waals surface area contributed by atoms with Crippen molar-refractivity contribution >= 4 is 17.6 Å². The number of rotatable bonds is 3. The minimum Gasteiger partial charge on any atom is -0.481 e. The van der Waals surface area contributed by atoms with Crippen molar-refractivity contribution in [2.24, 2.45) is 17.3 Å². The summed E-state index contributed by atoms with van der Waals surface area (Å²) >= 11 is 0. The minimum absolute atomic E-state index is 0.330. The van der Waals surface area contributed by atoms with Gasteiger partial charge in [0.2, 0.25) is 5.91 Å². The Hall–Kier alpha value is -1.91. The molecule has 19 heavy (non-hydrogen) atoms. The molecule has 4 nitrogen and oxygen atoms in total. The SMILES string of the molecule is Cc1cc(NC(=O)C2C(C(=O)O)C2(C)C)ccc1F. The maximum atomic E-state index is 13.1. The van der Waals surface area contributed by atoms with E-state index in [0.29, 0.717) is 11.3 Å². The van der Waals surface area contributed by atoms with E-state index < -0.39 is 23.2 Å². The van der Waals surface area contributed by atoms with E-state index >= 15 is 0 Å². The van der Waals surface area contributed by atoms with Gasteiger partial charge in [-0.2, -0.15) is 0 Å². The van der Waals surface area contributed by atoms with Crippen LogP contribution in [0.5, 0.6) is 0 Å². The number of carbonyl (C=O) groups is 2. The Bertz CT molecular complexity index is 554. The molecule has 0 spiro atoms. The number of hydrogen-bond donors (Lipinski definition) is 2. The van der Waals surface area contributed by atoms with Gasteiger partial charge >= 0.3 is 5.97 Å². The van der Waals surface area contributed by atoms with Crippen LogP contribution in [-0.2, 0) is 9.59 Å². The first-order valence-corrected chi connectivity index (χ1v) is 6.05. The highest BCUT2D eigenvalue weighted by Crippen LogP contribution is 2.58. The van der Waals surface area contributed by atoms with Crippen molar-refractivity contribution in [1.29, 1.82) is 0 Å². The van der Waals surface area contributed by atoms with E-state index in [1.54, 1.807) is 20.8 Å². The Morgan fingerprint density at radius 1 is 1.32 bits per heavy atom. The Morgan fingerprint density at radius 2 is 1.95 bits per heavy atom. The molecule has 2 unspecified atom stereocenters. The van der Waals surface area contributed by atoms with Crippen molar-refractivity contribution in [2.45, 2.75) is 20.8 Å². The highest BCUT2D eigenvalue weighted by atomic mass is 19.1. The first-order valence-electron chi connectivity index (χ1n) is 6.05. The number of carboxylic acids is 1. The van der Waals surface area contributed by atoms with E-state index in [-0.39, 0.29) is 11.7 Å².